The molecule has 0 saturated carbocycles. The average molecular weight is 247 g/mol. The predicted molar refractivity (Wildman–Crippen MR) is 73.4 cm³/mol. The Bertz CT molecular complexity index is 596. The highest BCUT2D eigenvalue weighted by Gasteiger charge is 2.12. The SMILES string of the molecule is Cn1cc(C2=CCNCC2)c2cc(Cl)ccc21. The first kappa shape index (κ1) is 10.9. The molecular weight excluding hydrogens is 232 g/mol. The van der Waals surface area contributed by atoms with Crippen molar-refractivity contribution in [2.45, 2.75) is 6.42 Å². The van der Waals surface area contributed by atoms with Crippen molar-refractivity contribution in [1.82, 2.24) is 9.88 Å². The molecule has 1 aromatic carbocycles. The van der Waals surface area contributed by atoms with Crippen molar-refractivity contribution in [3.05, 3.63) is 41.1 Å². The van der Waals surface area contributed by atoms with E-state index < -0.39 is 0 Å². The summed E-state index contributed by atoms with van der Waals surface area (Å²) < 4.78 is 2.17. The van der Waals surface area contributed by atoms with Crippen LogP contribution in [0.2, 0.25) is 5.02 Å². The summed E-state index contributed by atoms with van der Waals surface area (Å²) >= 11 is 6.10. The molecule has 2 heterocycles. The molecule has 0 saturated heterocycles. The highest BCUT2D eigenvalue weighted by atomic mass is 35.5. The number of nitrogens with one attached hydrogen (secondary N) is 1. The standard InChI is InChI=1S/C14H15ClN2/c1-17-9-13(10-4-6-16-7-5-10)12-8-11(15)2-3-14(12)17/h2-4,8-9,16H,5-7H2,1H3. The lowest BCUT2D eigenvalue weighted by Gasteiger charge is -2.13. The molecule has 0 bridgehead atoms. The zero-order valence-corrected chi connectivity index (χ0v) is 10.6. The van der Waals surface area contributed by atoms with Crippen molar-refractivity contribution < 1.29 is 0 Å². The van der Waals surface area contributed by atoms with Crippen LogP contribution in [0.5, 0.6) is 0 Å². The second-order valence-electron chi connectivity index (χ2n) is 4.50. The van der Waals surface area contributed by atoms with Crippen LogP contribution in [0.4, 0.5) is 0 Å². The molecule has 0 atom stereocenters. The summed E-state index contributed by atoms with van der Waals surface area (Å²) in [5.74, 6) is 0. The van der Waals surface area contributed by atoms with E-state index in [1.165, 1.54) is 22.0 Å². The molecule has 1 N–H and O–H groups in total. The second kappa shape index (κ2) is 4.21. The van der Waals surface area contributed by atoms with Gasteiger partial charge in [0, 0.05) is 41.3 Å². The van der Waals surface area contributed by atoms with E-state index in [0.29, 0.717) is 0 Å². The third kappa shape index (κ3) is 1.88. The van der Waals surface area contributed by atoms with E-state index in [4.69, 9.17) is 11.6 Å². The van der Waals surface area contributed by atoms with Crippen LogP contribution in [0.3, 0.4) is 0 Å². The summed E-state index contributed by atoms with van der Waals surface area (Å²) in [6.07, 6.45) is 5.57. The van der Waals surface area contributed by atoms with Gasteiger partial charge in [0.1, 0.15) is 0 Å². The Morgan fingerprint density at radius 2 is 2.24 bits per heavy atom. The third-order valence-electron chi connectivity index (χ3n) is 3.36. The van der Waals surface area contributed by atoms with Crippen molar-refractivity contribution in [1.29, 1.82) is 0 Å². The average Bonchev–Trinajstić information content (AvgIpc) is 2.67. The van der Waals surface area contributed by atoms with Crippen molar-refractivity contribution in [2.24, 2.45) is 7.05 Å². The summed E-state index contributed by atoms with van der Waals surface area (Å²) in [6.45, 7) is 2.02. The van der Waals surface area contributed by atoms with E-state index in [0.717, 1.165) is 24.5 Å². The van der Waals surface area contributed by atoms with Crippen molar-refractivity contribution in [3.8, 4) is 0 Å². The zero-order valence-electron chi connectivity index (χ0n) is 9.83. The highest BCUT2D eigenvalue weighted by Crippen LogP contribution is 2.31. The number of hydrogen-bond donors (Lipinski definition) is 1. The fourth-order valence-corrected chi connectivity index (χ4v) is 2.66. The summed E-state index contributed by atoms with van der Waals surface area (Å²) in [5, 5.41) is 5.40. The molecule has 88 valence electrons. The van der Waals surface area contributed by atoms with Crippen LogP contribution in [-0.2, 0) is 7.05 Å². The molecule has 17 heavy (non-hydrogen) atoms. The summed E-state index contributed by atoms with van der Waals surface area (Å²) in [7, 11) is 2.08. The molecule has 0 amide bonds. The molecule has 0 aliphatic carbocycles. The minimum Gasteiger partial charge on any atom is -0.350 e. The van der Waals surface area contributed by atoms with Crippen LogP contribution >= 0.6 is 11.6 Å². The largest absolute Gasteiger partial charge is 0.350 e. The third-order valence-corrected chi connectivity index (χ3v) is 3.60. The Balaban J connectivity index is 2.22. The Kier molecular flexibility index (Phi) is 2.69. The first-order valence-corrected chi connectivity index (χ1v) is 6.28. The number of hydrogen-bond acceptors (Lipinski definition) is 1. The number of fused-ring (bicyclic) bond motifs is 1. The van der Waals surface area contributed by atoms with Gasteiger partial charge in [-0.1, -0.05) is 17.7 Å². The maximum absolute atomic E-state index is 6.10. The number of benzene rings is 1. The maximum atomic E-state index is 6.10. The minimum absolute atomic E-state index is 0.805. The quantitative estimate of drug-likeness (QED) is 0.818. The minimum atomic E-state index is 0.805. The summed E-state index contributed by atoms with van der Waals surface area (Å²) in [4.78, 5) is 0. The summed E-state index contributed by atoms with van der Waals surface area (Å²) in [5.41, 5.74) is 3.99. The van der Waals surface area contributed by atoms with Gasteiger partial charge in [0.25, 0.3) is 0 Å². The first-order valence-electron chi connectivity index (χ1n) is 5.90. The van der Waals surface area contributed by atoms with E-state index in [-0.39, 0.29) is 0 Å². The van der Waals surface area contributed by atoms with Crippen LogP contribution in [0.1, 0.15) is 12.0 Å². The van der Waals surface area contributed by atoms with Gasteiger partial charge in [0.15, 0.2) is 0 Å². The fraction of sp³-hybridized carbons (Fsp3) is 0.286. The van der Waals surface area contributed by atoms with Gasteiger partial charge in [-0.05, 0) is 36.7 Å². The molecule has 1 aliphatic rings. The molecule has 0 radical (unpaired) electrons. The zero-order chi connectivity index (χ0) is 11.8. The Morgan fingerprint density at radius 3 is 3.00 bits per heavy atom. The van der Waals surface area contributed by atoms with E-state index >= 15 is 0 Å². The number of nitrogens with zero attached hydrogens (tertiary/aromatic N) is 1. The maximum Gasteiger partial charge on any atom is 0.0485 e. The number of rotatable bonds is 1. The van der Waals surface area contributed by atoms with Gasteiger partial charge in [-0.3, -0.25) is 0 Å². The lowest BCUT2D eigenvalue weighted by molar-refractivity contribution is 0.738. The van der Waals surface area contributed by atoms with E-state index in [1.54, 1.807) is 0 Å². The fourth-order valence-electron chi connectivity index (χ4n) is 2.49. The molecule has 2 aromatic rings. The molecule has 3 heteroatoms. The van der Waals surface area contributed by atoms with Gasteiger partial charge in [0.2, 0.25) is 0 Å². The molecule has 1 aliphatic heterocycles. The van der Waals surface area contributed by atoms with E-state index in [1.807, 2.05) is 6.07 Å². The molecule has 0 unspecified atom stereocenters. The smallest absolute Gasteiger partial charge is 0.0485 e. The van der Waals surface area contributed by atoms with Gasteiger partial charge in [0.05, 0.1) is 0 Å². The Morgan fingerprint density at radius 1 is 1.35 bits per heavy atom. The number of aryl methyl sites for hydroxylation is 1. The summed E-state index contributed by atoms with van der Waals surface area (Å²) in [6, 6.07) is 6.10. The molecule has 2 nitrogen and oxygen atoms in total. The number of halogens is 1. The van der Waals surface area contributed by atoms with Crippen molar-refractivity contribution in [2.75, 3.05) is 13.1 Å². The first-order chi connectivity index (χ1) is 8.25. The molecule has 3 rings (SSSR count). The molecular formula is C14H15ClN2. The van der Waals surface area contributed by atoms with Gasteiger partial charge >= 0.3 is 0 Å². The second-order valence-corrected chi connectivity index (χ2v) is 4.94. The Hall–Kier alpha value is -1.25. The van der Waals surface area contributed by atoms with Crippen LogP contribution in [-0.4, -0.2) is 17.7 Å². The van der Waals surface area contributed by atoms with Crippen molar-refractivity contribution >= 4 is 28.1 Å². The topological polar surface area (TPSA) is 17.0 Å². The van der Waals surface area contributed by atoms with E-state index in [2.05, 4.69) is 41.3 Å². The van der Waals surface area contributed by atoms with Crippen LogP contribution < -0.4 is 5.32 Å². The normalized spacial score (nSPS) is 16.2. The Labute approximate surface area is 106 Å². The molecule has 1 aromatic heterocycles. The number of aromatic nitrogens is 1. The lowest BCUT2D eigenvalue weighted by atomic mass is 10.00. The molecule has 0 fully saturated rings. The van der Waals surface area contributed by atoms with Gasteiger partial charge in [-0.2, -0.15) is 0 Å². The van der Waals surface area contributed by atoms with E-state index in [9.17, 15) is 0 Å². The van der Waals surface area contributed by atoms with Gasteiger partial charge < -0.3 is 9.88 Å². The predicted octanol–water partition coefficient (Wildman–Crippen LogP) is 3.21. The van der Waals surface area contributed by atoms with Gasteiger partial charge in [-0.15, -0.1) is 0 Å². The van der Waals surface area contributed by atoms with Gasteiger partial charge in [-0.25, -0.2) is 0 Å². The van der Waals surface area contributed by atoms with Crippen molar-refractivity contribution in [3.63, 3.8) is 0 Å². The molecule has 0 spiro atoms. The monoisotopic (exact) mass is 246 g/mol. The van der Waals surface area contributed by atoms with Crippen LogP contribution in [0, 0.1) is 0 Å². The lowest BCUT2D eigenvalue weighted by Crippen LogP contribution is -2.19. The highest BCUT2D eigenvalue weighted by molar-refractivity contribution is 6.31. The van der Waals surface area contributed by atoms with Crippen LogP contribution in [0.15, 0.2) is 30.5 Å². The van der Waals surface area contributed by atoms with Crippen LogP contribution in [0.25, 0.3) is 16.5 Å².